The van der Waals surface area contributed by atoms with Crippen molar-refractivity contribution in [2.24, 2.45) is 0 Å². The fourth-order valence-corrected chi connectivity index (χ4v) is 9.77. The quantitative estimate of drug-likeness (QED) is 0.184. The van der Waals surface area contributed by atoms with E-state index < -0.39 is 35.5 Å². The highest BCUT2D eigenvalue weighted by atomic mass is 35.5. The predicted molar refractivity (Wildman–Crippen MR) is 221 cm³/mol. The number of hydrogen-bond donors (Lipinski definition) is 2. The molecule has 2 atom stereocenters. The number of carbonyl (C=O) groups excluding carboxylic acids is 4. The number of benzene rings is 2. The molecule has 4 fully saturated rings. The summed E-state index contributed by atoms with van der Waals surface area (Å²) in [6, 6.07) is 10.0. The molecular weight excluding hydrogens is 803 g/mol. The molecule has 3 N–H and O–H groups in total. The Morgan fingerprint density at radius 1 is 0.883 bits per heavy atom. The standard InChI is InChI=1S/C43H57ClF3N7O6/c44-35-26-29(25-34(39(35)48)43(45,46)47)27-37(60-42(58)52-21-14-32(15-22-52)54-23-11-30-7-1-2-9-36(30)49-41(54)57)40(56)51-19-12-31(13-20-51)53-18-5-8-33(53)28-59-24-6-17-50-16-4-3-10-38(50)55/h1-2,7,9,25-26,31-33,37H,3-6,8,10-24,27-28,48H2,(H,49,57)/t33-,37+/m0/s1. The average molecular weight is 860 g/mol. The lowest BCUT2D eigenvalue weighted by Gasteiger charge is -2.40. The number of piperidine rings is 3. The van der Waals surface area contributed by atoms with E-state index in [1.807, 2.05) is 29.2 Å². The molecule has 0 aliphatic carbocycles. The van der Waals surface area contributed by atoms with Crippen LogP contribution in [0.15, 0.2) is 36.4 Å². The number of carbonyl (C=O) groups is 4. The largest absolute Gasteiger partial charge is 0.436 e. The number of alkyl halides is 3. The molecule has 60 heavy (non-hydrogen) atoms. The van der Waals surface area contributed by atoms with Crippen LogP contribution in [0.25, 0.3) is 0 Å². The van der Waals surface area contributed by atoms with Crippen LogP contribution < -0.4 is 11.1 Å². The lowest BCUT2D eigenvalue weighted by Crippen LogP contribution is -2.53. The van der Waals surface area contributed by atoms with Gasteiger partial charge in [0.15, 0.2) is 6.10 Å². The Morgan fingerprint density at radius 3 is 2.37 bits per heavy atom. The van der Waals surface area contributed by atoms with Gasteiger partial charge >= 0.3 is 18.3 Å². The number of amides is 5. The van der Waals surface area contributed by atoms with Gasteiger partial charge in [-0.25, -0.2) is 9.59 Å². The minimum Gasteiger partial charge on any atom is -0.436 e. The predicted octanol–water partition coefficient (Wildman–Crippen LogP) is 6.42. The Bertz CT molecular complexity index is 1860. The van der Waals surface area contributed by atoms with Gasteiger partial charge in [0, 0.05) is 89.1 Å². The third-order valence-electron chi connectivity index (χ3n) is 12.9. The molecule has 0 saturated carbocycles. The molecule has 0 spiro atoms. The lowest BCUT2D eigenvalue weighted by atomic mass is 9.99. The number of hydrogen-bond acceptors (Lipinski definition) is 8. The van der Waals surface area contributed by atoms with Crippen molar-refractivity contribution in [2.75, 3.05) is 76.6 Å². The number of nitrogens with zero attached hydrogens (tertiary/aromatic N) is 5. The SMILES string of the molecule is Nc1c(Cl)cc(C[C@@H](OC(=O)N2CCC(N3CCc4ccccc4NC3=O)CC2)C(=O)N2CCC(N3CCC[C@H]3COCCCN3CCCCC3=O)CC2)cc1C(F)(F)F. The zero-order valence-electron chi connectivity index (χ0n) is 34.1. The molecule has 0 aromatic heterocycles. The first kappa shape index (κ1) is 43.8. The van der Waals surface area contributed by atoms with Gasteiger partial charge in [-0.3, -0.25) is 14.5 Å². The van der Waals surface area contributed by atoms with Crippen molar-refractivity contribution in [3.05, 3.63) is 58.1 Å². The second-order valence-corrected chi connectivity index (χ2v) is 17.1. The van der Waals surface area contributed by atoms with E-state index in [2.05, 4.69) is 10.2 Å². The molecule has 13 nitrogen and oxygen atoms in total. The number of urea groups is 1. The molecule has 5 aliphatic rings. The van der Waals surface area contributed by atoms with E-state index >= 15 is 0 Å². The molecule has 4 saturated heterocycles. The topological polar surface area (TPSA) is 141 Å². The van der Waals surface area contributed by atoms with Crippen LogP contribution in [-0.4, -0.2) is 138 Å². The molecule has 2 aromatic carbocycles. The third kappa shape index (κ3) is 10.6. The Balaban J connectivity index is 0.953. The number of likely N-dealkylation sites (tertiary alicyclic amines) is 4. The molecule has 0 radical (unpaired) electrons. The van der Waals surface area contributed by atoms with Gasteiger partial charge in [0.25, 0.3) is 5.91 Å². The van der Waals surface area contributed by atoms with Crippen molar-refractivity contribution in [2.45, 2.75) is 107 Å². The number of anilines is 2. The van der Waals surface area contributed by atoms with Gasteiger partial charge in [-0.1, -0.05) is 29.8 Å². The first-order chi connectivity index (χ1) is 28.9. The molecule has 5 amide bonds. The monoisotopic (exact) mass is 859 g/mol. The first-order valence-electron chi connectivity index (χ1n) is 21.5. The molecule has 0 bridgehead atoms. The van der Waals surface area contributed by atoms with E-state index in [9.17, 15) is 32.3 Å². The van der Waals surface area contributed by atoms with Crippen LogP contribution in [0.1, 0.15) is 80.9 Å². The smallest absolute Gasteiger partial charge is 0.418 e. The molecule has 2 aromatic rings. The number of para-hydroxylation sites is 1. The van der Waals surface area contributed by atoms with Crippen molar-refractivity contribution in [1.29, 1.82) is 0 Å². The number of ether oxygens (including phenoxy) is 2. The summed E-state index contributed by atoms with van der Waals surface area (Å²) in [5.41, 5.74) is 5.88. The van der Waals surface area contributed by atoms with E-state index in [-0.39, 0.29) is 60.2 Å². The van der Waals surface area contributed by atoms with E-state index in [1.54, 1.807) is 9.80 Å². The summed E-state index contributed by atoms with van der Waals surface area (Å²) in [7, 11) is 0. The molecule has 7 rings (SSSR count). The van der Waals surface area contributed by atoms with E-state index in [0.717, 1.165) is 69.1 Å². The Kier molecular flexibility index (Phi) is 14.3. The van der Waals surface area contributed by atoms with Gasteiger partial charge in [-0.05, 0) is 100 Å². The van der Waals surface area contributed by atoms with Gasteiger partial charge in [-0.15, -0.1) is 0 Å². The van der Waals surface area contributed by atoms with Crippen molar-refractivity contribution in [1.82, 2.24) is 24.5 Å². The molecule has 17 heteroatoms. The summed E-state index contributed by atoms with van der Waals surface area (Å²) in [4.78, 5) is 62.6. The van der Waals surface area contributed by atoms with Crippen LogP contribution >= 0.6 is 11.6 Å². The fourth-order valence-electron chi connectivity index (χ4n) is 9.53. The molecule has 0 unspecified atom stereocenters. The molecular formula is C43H57ClF3N7O6. The number of fused-ring (bicyclic) bond motifs is 1. The van der Waals surface area contributed by atoms with Crippen LogP contribution in [0.3, 0.4) is 0 Å². The Labute approximate surface area is 354 Å². The summed E-state index contributed by atoms with van der Waals surface area (Å²) in [5, 5.41) is 2.69. The number of rotatable bonds is 12. The number of nitrogens with one attached hydrogen (secondary N) is 1. The minimum atomic E-state index is -4.79. The summed E-state index contributed by atoms with van der Waals surface area (Å²) >= 11 is 6.17. The molecule has 5 aliphatic heterocycles. The Morgan fingerprint density at radius 2 is 1.62 bits per heavy atom. The zero-order valence-corrected chi connectivity index (χ0v) is 34.9. The van der Waals surface area contributed by atoms with Crippen LogP contribution in [-0.2, 0) is 38.1 Å². The maximum Gasteiger partial charge on any atom is 0.418 e. The number of halogens is 4. The number of nitrogen functional groups attached to an aromatic ring is 1. The van der Waals surface area contributed by atoms with Crippen LogP contribution in [0.5, 0.6) is 0 Å². The maximum absolute atomic E-state index is 14.2. The van der Waals surface area contributed by atoms with E-state index in [1.165, 1.54) is 11.0 Å². The van der Waals surface area contributed by atoms with Gasteiger partial charge in [0.2, 0.25) is 5.91 Å². The summed E-state index contributed by atoms with van der Waals surface area (Å²) in [5.74, 6) is -0.251. The minimum absolute atomic E-state index is 0.0666. The highest BCUT2D eigenvalue weighted by molar-refractivity contribution is 6.33. The lowest BCUT2D eigenvalue weighted by molar-refractivity contribution is -0.142. The zero-order chi connectivity index (χ0) is 42.4. The van der Waals surface area contributed by atoms with E-state index in [4.69, 9.17) is 26.8 Å². The first-order valence-corrected chi connectivity index (χ1v) is 21.9. The van der Waals surface area contributed by atoms with Crippen LogP contribution in [0, 0.1) is 0 Å². The van der Waals surface area contributed by atoms with Gasteiger partial charge in [0.05, 0.1) is 22.9 Å². The van der Waals surface area contributed by atoms with Crippen LogP contribution in [0.2, 0.25) is 5.02 Å². The van der Waals surface area contributed by atoms with Crippen molar-refractivity contribution in [3.63, 3.8) is 0 Å². The van der Waals surface area contributed by atoms with Crippen molar-refractivity contribution < 1.29 is 41.8 Å². The highest BCUT2D eigenvalue weighted by Crippen LogP contribution is 2.38. The fraction of sp³-hybridized carbons (Fsp3) is 0.628. The summed E-state index contributed by atoms with van der Waals surface area (Å²) in [6.07, 6.45) is 1.33. The van der Waals surface area contributed by atoms with Gasteiger partial charge in [0.1, 0.15) is 0 Å². The normalized spacial score (nSPS) is 21.8. The Hall–Kier alpha value is -4.28. The molecule has 328 valence electrons. The van der Waals surface area contributed by atoms with Gasteiger partial charge < -0.3 is 40.1 Å². The highest BCUT2D eigenvalue weighted by Gasteiger charge is 2.39. The summed E-state index contributed by atoms with van der Waals surface area (Å²) in [6.45, 7) is 5.55. The van der Waals surface area contributed by atoms with E-state index in [0.29, 0.717) is 71.4 Å². The van der Waals surface area contributed by atoms with Crippen LogP contribution in [0.4, 0.5) is 34.1 Å². The maximum atomic E-state index is 14.2. The second-order valence-electron chi connectivity index (χ2n) is 16.7. The van der Waals surface area contributed by atoms with Crippen molar-refractivity contribution in [3.8, 4) is 0 Å². The van der Waals surface area contributed by atoms with Crippen molar-refractivity contribution >= 4 is 46.9 Å². The number of nitrogens with two attached hydrogens (primary N) is 1. The molecule has 5 heterocycles. The van der Waals surface area contributed by atoms with Gasteiger partial charge in [-0.2, -0.15) is 13.2 Å². The third-order valence-corrected chi connectivity index (χ3v) is 13.2. The second kappa shape index (κ2) is 19.6. The summed E-state index contributed by atoms with van der Waals surface area (Å²) < 4.78 is 53.9. The average Bonchev–Trinajstić information content (AvgIpc) is 3.64.